The first kappa shape index (κ1) is 18.1. The Balaban J connectivity index is 1.98. The molecule has 0 fully saturated rings. The molecule has 130 valence electrons. The van der Waals surface area contributed by atoms with Crippen LogP contribution in [-0.4, -0.2) is 53.4 Å². The summed E-state index contributed by atoms with van der Waals surface area (Å²) in [6, 6.07) is 7.29. The van der Waals surface area contributed by atoms with E-state index in [1.54, 1.807) is 14.2 Å². The second-order valence-electron chi connectivity index (χ2n) is 5.12. The Morgan fingerprint density at radius 3 is 2.67 bits per heavy atom. The van der Waals surface area contributed by atoms with E-state index in [1.807, 2.05) is 31.2 Å². The van der Waals surface area contributed by atoms with E-state index >= 15 is 0 Å². The van der Waals surface area contributed by atoms with Gasteiger partial charge < -0.3 is 20.6 Å². The van der Waals surface area contributed by atoms with E-state index in [9.17, 15) is 4.79 Å². The van der Waals surface area contributed by atoms with Gasteiger partial charge in [0.15, 0.2) is 5.82 Å². The third-order valence-electron chi connectivity index (χ3n) is 3.17. The van der Waals surface area contributed by atoms with Gasteiger partial charge in [-0.3, -0.25) is 4.79 Å². The topological polar surface area (TPSA) is 104 Å². The van der Waals surface area contributed by atoms with Gasteiger partial charge in [-0.15, -0.1) is 10.2 Å². The van der Waals surface area contributed by atoms with Crippen molar-refractivity contribution in [3.05, 3.63) is 24.3 Å². The van der Waals surface area contributed by atoms with Crippen LogP contribution in [-0.2, 0) is 9.53 Å². The summed E-state index contributed by atoms with van der Waals surface area (Å²) >= 11 is 1.23. The molecule has 0 spiro atoms. The van der Waals surface area contributed by atoms with Crippen molar-refractivity contribution < 1.29 is 14.3 Å². The van der Waals surface area contributed by atoms with Gasteiger partial charge in [-0.2, -0.15) is 0 Å². The Morgan fingerprint density at radius 2 is 2.04 bits per heavy atom. The van der Waals surface area contributed by atoms with Crippen molar-refractivity contribution >= 4 is 17.7 Å². The zero-order valence-electron chi connectivity index (χ0n) is 13.9. The largest absolute Gasteiger partial charge is 0.497 e. The Bertz CT molecular complexity index is 674. The highest BCUT2D eigenvalue weighted by Crippen LogP contribution is 2.23. The Kier molecular flexibility index (Phi) is 6.44. The van der Waals surface area contributed by atoms with Gasteiger partial charge in [0.25, 0.3) is 0 Å². The standard InChI is InChI=1S/C15H21N5O3S/c1-10(8-22-2)17-13(21)9-24-15-19-18-14(20(15)16)11-4-6-12(23-3)7-5-11/h4-7,10H,8-9,16H2,1-3H3,(H,17,21)/t10-/m1/s1. The first-order chi connectivity index (χ1) is 11.5. The molecular formula is C15H21N5O3S. The van der Waals surface area contributed by atoms with Crippen molar-refractivity contribution in [2.75, 3.05) is 32.4 Å². The van der Waals surface area contributed by atoms with Crippen LogP contribution in [0.15, 0.2) is 29.4 Å². The number of nitrogen functional groups attached to an aromatic ring is 1. The monoisotopic (exact) mass is 351 g/mol. The molecule has 1 heterocycles. The summed E-state index contributed by atoms with van der Waals surface area (Å²) in [6.45, 7) is 2.34. The maximum atomic E-state index is 11.9. The number of nitrogens with zero attached hydrogens (tertiary/aromatic N) is 3. The molecule has 0 aliphatic rings. The van der Waals surface area contributed by atoms with Crippen LogP contribution in [0.3, 0.4) is 0 Å². The van der Waals surface area contributed by atoms with Gasteiger partial charge in [0.05, 0.1) is 19.5 Å². The summed E-state index contributed by atoms with van der Waals surface area (Å²) in [5.74, 6) is 7.39. The Morgan fingerprint density at radius 1 is 1.33 bits per heavy atom. The first-order valence-corrected chi connectivity index (χ1v) is 8.29. The zero-order chi connectivity index (χ0) is 17.5. The molecular weight excluding hydrogens is 330 g/mol. The molecule has 1 amide bonds. The number of benzene rings is 1. The number of rotatable bonds is 8. The average Bonchev–Trinajstić information content (AvgIpc) is 2.94. The molecule has 1 aromatic carbocycles. The molecule has 0 unspecified atom stereocenters. The third-order valence-corrected chi connectivity index (χ3v) is 4.11. The fraction of sp³-hybridized carbons (Fsp3) is 0.400. The second kappa shape index (κ2) is 8.55. The summed E-state index contributed by atoms with van der Waals surface area (Å²) in [7, 11) is 3.20. The van der Waals surface area contributed by atoms with Gasteiger partial charge in [0.1, 0.15) is 5.75 Å². The summed E-state index contributed by atoms with van der Waals surface area (Å²) < 4.78 is 11.5. The van der Waals surface area contributed by atoms with Gasteiger partial charge >= 0.3 is 0 Å². The SMILES string of the molecule is COC[C@@H](C)NC(=O)CSc1nnc(-c2ccc(OC)cc2)n1N. The number of hydrogen-bond donors (Lipinski definition) is 2. The molecule has 3 N–H and O–H groups in total. The normalized spacial score (nSPS) is 12.0. The van der Waals surface area contributed by atoms with Crippen LogP contribution in [0.4, 0.5) is 0 Å². The van der Waals surface area contributed by atoms with Crippen molar-refractivity contribution in [1.29, 1.82) is 0 Å². The van der Waals surface area contributed by atoms with Crippen LogP contribution in [0, 0.1) is 0 Å². The van der Waals surface area contributed by atoms with Gasteiger partial charge in [-0.1, -0.05) is 11.8 Å². The van der Waals surface area contributed by atoms with Crippen molar-refractivity contribution in [1.82, 2.24) is 20.2 Å². The molecule has 2 rings (SSSR count). The molecule has 24 heavy (non-hydrogen) atoms. The second-order valence-corrected chi connectivity index (χ2v) is 6.06. The number of methoxy groups -OCH3 is 2. The van der Waals surface area contributed by atoms with Crippen LogP contribution in [0.2, 0.25) is 0 Å². The molecule has 8 nitrogen and oxygen atoms in total. The molecule has 0 radical (unpaired) electrons. The highest BCUT2D eigenvalue weighted by Gasteiger charge is 2.14. The van der Waals surface area contributed by atoms with E-state index in [1.165, 1.54) is 16.4 Å². The molecule has 0 aliphatic heterocycles. The Labute approximate surface area is 144 Å². The van der Waals surface area contributed by atoms with E-state index < -0.39 is 0 Å². The van der Waals surface area contributed by atoms with E-state index in [0.717, 1.165) is 11.3 Å². The third kappa shape index (κ3) is 4.62. The number of hydrogen-bond acceptors (Lipinski definition) is 7. The lowest BCUT2D eigenvalue weighted by molar-refractivity contribution is -0.119. The smallest absolute Gasteiger partial charge is 0.230 e. The molecule has 0 aliphatic carbocycles. The molecule has 0 bridgehead atoms. The molecule has 1 atom stereocenters. The van der Waals surface area contributed by atoms with Crippen molar-refractivity contribution in [2.24, 2.45) is 0 Å². The summed E-state index contributed by atoms with van der Waals surface area (Å²) in [5, 5.41) is 11.4. The summed E-state index contributed by atoms with van der Waals surface area (Å²) in [5.41, 5.74) is 0.816. The molecule has 0 saturated heterocycles. The minimum atomic E-state index is -0.112. The van der Waals surface area contributed by atoms with Crippen molar-refractivity contribution in [3.8, 4) is 17.1 Å². The maximum absolute atomic E-state index is 11.9. The van der Waals surface area contributed by atoms with E-state index in [0.29, 0.717) is 17.6 Å². The predicted molar refractivity (Wildman–Crippen MR) is 92.4 cm³/mol. The minimum absolute atomic E-state index is 0.0475. The minimum Gasteiger partial charge on any atom is -0.497 e. The van der Waals surface area contributed by atoms with Crippen molar-refractivity contribution in [2.45, 2.75) is 18.1 Å². The van der Waals surface area contributed by atoms with Crippen LogP contribution in [0.5, 0.6) is 5.75 Å². The number of nitrogens with one attached hydrogen (secondary N) is 1. The Hall–Kier alpha value is -2.26. The fourth-order valence-corrected chi connectivity index (χ4v) is 2.72. The number of amides is 1. The van der Waals surface area contributed by atoms with Gasteiger partial charge in [0.2, 0.25) is 11.1 Å². The number of carbonyl (C=O) groups excluding carboxylic acids is 1. The van der Waals surface area contributed by atoms with Gasteiger partial charge in [0, 0.05) is 18.7 Å². The highest BCUT2D eigenvalue weighted by molar-refractivity contribution is 7.99. The summed E-state index contributed by atoms with van der Waals surface area (Å²) in [6.07, 6.45) is 0. The number of aromatic nitrogens is 3. The van der Waals surface area contributed by atoms with Crippen LogP contribution in [0.1, 0.15) is 6.92 Å². The van der Waals surface area contributed by atoms with E-state index in [4.69, 9.17) is 15.3 Å². The summed E-state index contributed by atoms with van der Waals surface area (Å²) in [4.78, 5) is 11.9. The lowest BCUT2D eigenvalue weighted by Crippen LogP contribution is -2.36. The van der Waals surface area contributed by atoms with Gasteiger partial charge in [-0.05, 0) is 31.2 Å². The van der Waals surface area contributed by atoms with Crippen molar-refractivity contribution in [3.63, 3.8) is 0 Å². The zero-order valence-corrected chi connectivity index (χ0v) is 14.7. The fourth-order valence-electron chi connectivity index (χ4n) is 2.05. The number of nitrogens with two attached hydrogens (primary N) is 1. The van der Waals surface area contributed by atoms with E-state index in [2.05, 4.69) is 15.5 Å². The maximum Gasteiger partial charge on any atom is 0.230 e. The molecule has 0 saturated carbocycles. The van der Waals surface area contributed by atoms with Gasteiger partial charge in [-0.25, -0.2) is 4.68 Å². The molecule has 9 heteroatoms. The lowest BCUT2D eigenvalue weighted by Gasteiger charge is -2.12. The first-order valence-electron chi connectivity index (χ1n) is 7.31. The highest BCUT2D eigenvalue weighted by atomic mass is 32.2. The molecule has 1 aromatic heterocycles. The number of ether oxygens (including phenoxy) is 2. The lowest BCUT2D eigenvalue weighted by atomic mass is 10.2. The predicted octanol–water partition coefficient (Wildman–Crippen LogP) is 0.911. The average molecular weight is 351 g/mol. The van der Waals surface area contributed by atoms with E-state index in [-0.39, 0.29) is 17.7 Å². The number of thioether (sulfide) groups is 1. The van der Waals surface area contributed by atoms with Crippen LogP contribution < -0.4 is 15.9 Å². The number of carbonyl (C=O) groups is 1. The van der Waals surface area contributed by atoms with Crippen LogP contribution >= 0.6 is 11.8 Å². The molecule has 2 aromatic rings. The quantitative estimate of drug-likeness (QED) is 0.538. The van der Waals surface area contributed by atoms with Crippen LogP contribution in [0.25, 0.3) is 11.4 Å².